The van der Waals surface area contributed by atoms with Crippen LogP contribution in [0.5, 0.6) is 0 Å². The topological polar surface area (TPSA) is 68.3 Å². The Kier molecular flexibility index (Phi) is 3.81. The molecular formula is C12H13ClN2O3. The van der Waals surface area contributed by atoms with Crippen LogP contribution in [0.1, 0.15) is 18.4 Å². The highest BCUT2D eigenvalue weighted by Crippen LogP contribution is 2.24. The molecule has 6 heteroatoms. The van der Waals surface area contributed by atoms with E-state index in [-0.39, 0.29) is 18.2 Å². The summed E-state index contributed by atoms with van der Waals surface area (Å²) in [5, 5.41) is 3.39. The number of hydrogen-bond acceptors (Lipinski definition) is 5. The molecule has 1 aliphatic rings. The van der Waals surface area contributed by atoms with Gasteiger partial charge in [-0.05, 0) is 12.5 Å². The summed E-state index contributed by atoms with van der Waals surface area (Å²) in [5.41, 5.74) is 0.832. The monoisotopic (exact) mass is 268 g/mol. The molecule has 1 atom stereocenters. The summed E-state index contributed by atoms with van der Waals surface area (Å²) in [7, 11) is 1.33. The number of carbonyl (C=O) groups excluding carboxylic acids is 2. The van der Waals surface area contributed by atoms with Crippen molar-refractivity contribution < 1.29 is 14.3 Å². The first-order chi connectivity index (χ1) is 8.60. The molecule has 0 saturated heterocycles. The summed E-state index contributed by atoms with van der Waals surface area (Å²) in [6.45, 7) is 0. The van der Waals surface area contributed by atoms with E-state index in [1.807, 2.05) is 0 Å². The lowest BCUT2D eigenvalue weighted by molar-refractivity contribution is -0.140. The van der Waals surface area contributed by atoms with Crippen LogP contribution in [0.4, 0.5) is 5.82 Å². The smallest absolute Gasteiger partial charge is 0.305 e. The molecule has 0 spiro atoms. The zero-order valence-corrected chi connectivity index (χ0v) is 10.7. The second kappa shape index (κ2) is 5.35. The van der Waals surface area contributed by atoms with E-state index < -0.39 is 6.04 Å². The minimum Gasteiger partial charge on any atom is -0.469 e. The van der Waals surface area contributed by atoms with Gasteiger partial charge < -0.3 is 10.1 Å². The molecule has 0 aromatic carbocycles. The second-order valence-electron chi connectivity index (χ2n) is 4.10. The van der Waals surface area contributed by atoms with Crippen molar-refractivity contribution in [2.24, 2.45) is 0 Å². The van der Waals surface area contributed by atoms with Crippen LogP contribution in [-0.4, -0.2) is 29.9 Å². The molecule has 18 heavy (non-hydrogen) atoms. The number of hydrogen-bond donors (Lipinski definition) is 1. The van der Waals surface area contributed by atoms with E-state index >= 15 is 0 Å². The number of halogens is 1. The first-order valence-electron chi connectivity index (χ1n) is 5.61. The molecule has 0 saturated carbocycles. The molecule has 0 aliphatic carbocycles. The maximum atomic E-state index is 11.9. The molecule has 0 amide bonds. The SMILES string of the molecule is COC(=O)CCC1Nc2nc(Cl)ccc2CC1=O. The van der Waals surface area contributed by atoms with E-state index in [0.717, 1.165) is 5.56 Å². The predicted octanol–water partition coefficient (Wildman–Crippen LogP) is 1.59. The third-order valence-corrected chi connectivity index (χ3v) is 3.08. The Labute approximate surface area is 109 Å². The van der Waals surface area contributed by atoms with Crippen molar-refractivity contribution >= 4 is 29.2 Å². The van der Waals surface area contributed by atoms with E-state index in [0.29, 0.717) is 23.8 Å². The van der Waals surface area contributed by atoms with Gasteiger partial charge in [-0.1, -0.05) is 17.7 Å². The lowest BCUT2D eigenvalue weighted by Crippen LogP contribution is -2.36. The van der Waals surface area contributed by atoms with E-state index in [1.54, 1.807) is 12.1 Å². The number of esters is 1. The quantitative estimate of drug-likeness (QED) is 0.666. The van der Waals surface area contributed by atoms with Crippen LogP contribution in [0.25, 0.3) is 0 Å². The fourth-order valence-electron chi connectivity index (χ4n) is 1.89. The van der Waals surface area contributed by atoms with Crippen LogP contribution in [-0.2, 0) is 20.7 Å². The molecule has 1 aromatic rings. The van der Waals surface area contributed by atoms with Gasteiger partial charge in [-0.2, -0.15) is 0 Å². The number of aromatic nitrogens is 1. The number of pyridine rings is 1. The first kappa shape index (κ1) is 12.8. The van der Waals surface area contributed by atoms with Gasteiger partial charge in [0.25, 0.3) is 0 Å². The van der Waals surface area contributed by atoms with Crippen LogP contribution in [0.15, 0.2) is 12.1 Å². The van der Waals surface area contributed by atoms with Crippen LogP contribution in [0.2, 0.25) is 5.15 Å². The molecule has 96 valence electrons. The van der Waals surface area contributed by atoms with Gasteiger partial charge in [-0.15, -0.1) is 0 Å². The van der Waals surface area contributed by atoms with Crippen molar-refractivity contribution in [3.05, 3.63) is 22.8 Å². The van der Waals surface area contributed by atoms with Gasteiger partial charge in [0.1, 0.15) is 11.0 Å². The highest BCUT2D eigenvalue weighted by Gasteiger charge is 2.27. The van der Waals surface area contributed by atoms with E-state index in [2.05, 4.69) is 15.0 Å². The predicted molar refractivity (Wildman–Crippen MR) is 66.6 cm³/mol. The van der Waals surface area contributed by atoms with Crippen molar-refractivity contribution in [3.63, 3.8) is 0 Å². The van der Waals surface area contributed by atoms with Crippen molar-refractivity contribution in [2.45, 2.75) is 25.3 Å². The number of nitrogens with one attached hydrogen (secondary N) is 1. The van der Waals surface area contributed by atoms with Gasteiger partial charge in [0.15, 0.2) is 5.78 Å². The highest BCUT2D eigenvalue weighted by atomic mass is 35.5. The molecule has 5 nitrogen and oxygen atoms in total. The molecule has 0 radical (unpaired) electrons. The average molecular weight is 269 g/mol. The molecule has 1 N–H and O–H groups in total. The molecule has 0 bridgehead atoms. The zero-order valence-electron chi connectivity index (χ0n) is 9.90. The Hall–Kier alpha value is -1.62. The number of rotatable bonds is 3. The molecule has 1 aliphatic heterocycles. The number of ether oxygens (including phenoxy) is 1. The van der Waals surface area contributed by atoms with Crippen molar-refractivity contribution in [2.75, 3.05) is 12.4 Å². The Balaban J connectivity index is 2.07. The number of carbonyl (C=O) groups is 2. The van der Waals surface area contributed by atoms with Crippen LogP contribution in [0.3, 0.4) is 0 Å². The number of Topliss-reactive ketones (excluding diaryl/α,β-unsaturated/α-hetero) is 1. The van der Waals surface area contributed by atoms with Gasteiger partial charge in [0.2, 0.25) is 0 Å². The normalized spacial score (nSPS) is 17.9. The number of ketones is 1. The largest absolute Gasteiger partial charge is 0.469 e. The maximum absolute atomic E-state index is 11.9. The number of nitrogens with zero attached hydrogens (tertiary/aromatic N) is 1. The van der Waals surface area contributed by atoms with E-state index in [4.69, 9.17) is 11.6 Å². The van der Waals surface area contributed by atoms with Gasteiger partial charge in [0.05, 0.1) is 13.2 Å². The highest BCUT2D eigenvalue weighted by molar-refractivity contribution is 6.29. The van der Waals surface area contributed by atoms with Gasteiger partial charge in [-0.3, -0.25) is 9.59 Å². The molecular weight excluding hydrogens is 256 g/mol. The molecule has 2 heterocycles. The molecule has 0 fully saturated rings. The molecule has 1 unspecified atom stereocenters. The number of methoxy groups -OCH3 is 1. The standard InChI is InChI=1S/C12H13ClN2O3/c1-18-11(17)5-3-8-9(16)6-7-2-4-10(13)15-12(7)14-8/h2,4,8H,3,5-6H2,1H3,(H,14,15). The number of fused-ring (bicyclic) bond motifs is 1. The van der Waals surface area contributed by atoms with Crippen LogP contribution >= 0.6 is 11.6 Å². The summed E-state index contributed by atoms with van der Waals surface area (Å²) < 4.78 is 4.55. The summed E-state index contributed by atoms with van der Waals surface area (Å²) >= 11 is 5.80. The fraction of sp³-hybridized carbons (Fsp3) is 0.417. The Morgan fingerprint density at radius 1 is 1.61 bits per heavy atom. The second-order valence-corrected chi connectivity index (χ2v) is 4.48. The fourth-order valence-corrected chi connectivity index (χ4v) is 2.03. The number of anilines is 1. The van der Waals surface area contributed by atoms with Gasteiger partial charge in [-0.25, -0.2) is 4.98 Å². The lowest BCUT2D eigenvalue weighted by atomic mass is 9.96. The Bertz CT molecular complexity index is 490. The summed E-state index contributed by atoms with van der Waals surface area (Å²) in [6.07, 6.45) is 0.924. The zero-order chi connectivity index (χ0) is 13.1. The van der Waals surface area contributed by atoms with Crippen molar-refractivity contribution in [1.29, 1.82) is 0 Å². The third kappa shape index (κ3) is 2.79. The van der Waals surface area contributed by atoms with Gasteiger partial charge in [0, 0.05) is 18.4 Å². The molecule has 1 aromatic heterocycles. The minimum absolute atomic E-state index is 0.0514. The van der Waals surface area contributed by atoms with E-state index in [1.165, 1.54) is 7.11 Å². The molecule has 2 rings (SSSR count). The average Bonchev–Trinajstić information content (AvgIpc) is 2.36. The lowest BCUT2D eigenvalue weighted by Gasteiger charge is -2.24. The Morgan fingerprint density at radius 2 is 2.39 bits per heavy atom. The maximum Gasteiger partial charge on any atom is 0.305 e. The summed E-state index contributed by atoms with van der Waals surface area (Å²) in [5.74, 6) is 0.349. The van der Waals surface area contributed by atoms with Crippen LogP contribution < -0.4 is 5.32 Å². The Morgan fingerprint density at radius 3 is 3.11 bits per heavy atom. The summed E-state index contributed by atoms with van der Waals surface area (Å²) in [6, 6.07) is 3.04. The van der Waals surface area contributed by atoms with E-state index in [9.17, 15) is 9.59 Å². The third-order valence-electron chi connectivity index (χ3n) is 2.87. The summed E-state index contributed by atoms with van der Waals surface area (Å²) in [4.78, 5) is 27.1. The van der Waals surface area contributed by atoms with Crippen LogP contribution in [0, 0.1) is 0 Å². The van der Waals surface area contributed by atoms with Crippen molar-refractivity contribution in [1.82, 2.24) is 4.98 Å². The first-order valence-corrected chi connectivity index (χ1v) is 5.99. The minimum atomic E-state index is -0.400. The van der Waals surface area contributed by atoms with Crippen molar-refractivity contribution in [3.8, 4) is 0 Å². The van der Waals surface area contributed by atoms with Gasteiger partial charge >= 0.3 is 5.97 Å².